The summed E-state index contributed by atoms with van der Waals surface area (Å²) in [6.45, 7) is 4.72. The van der Waals surface area contributed by atoms with E-state index in [1.165, 1.54) is 97.7 Å². The summed E-state index contributed by atoms with van der Waals surface area (Å²) in [5.41, 5.74) is 12.4. The molecule has 0 aliphatic heterocycles. The van der Waals surface area contributed by atoms with E-state index < -0.39 is 0 Å². The largest absolute Gasteiger partial charge is 0.455 e. The molecule has 0 fully saturated rings. The van der Waals surface area contributed by atoms with Crippen molar-refractivity contribution in [2.24, 2.45) is 0 Å². The zero-order valence-electron chi connectivity index (χ0n) is 38.2. The molecule has 14 aromatic rings. The van der Waals surface area contributed by atoms with E-state index in [1.54, 1.807) is 0 Å². The second kappa shape index (κ2) is 14.2. The van der Waals surface area contributed by atoms with Crippen LogP contribution in [0.15, 0.2) is 229 Å². The molecule has 2 nitrogen and oxygen atoms in total. The van der Waals surface area contributed by atoms with E-state index in [0.717, 1.165) is 50.1 Å². The molecule has 1 aliphatic carbocycles. The molecule has 0 amide bonds. The molecular weight excluding hydrogens is 835 g/mol. The highest BCUT2D eigenvalue weighted by Gasteiger charge is 2.36. The van der Waals surface area contributed by atoms with E-state index in [1.807, 2.05) is 0 Å². The van der Waals surface area contributed by atoms with Gasteiger partial charge < -0.3 is 9.32 Å². The van der Waals surface area contributed by atoms with Gasteiger partial charge in [-0.2, -0.15) is 0 Å². The Bertz CT molecular complexity index is 4460. The number of hydrogen-bond donors (Lipinski definition) is 0. The monoisotopic (exact) mass is 877 g/mol. The summed E-state index contributed by atoms with van der Waals surface area (Å²) in [5.74, 6) is 0. The fourth-order valence-electron chi connectivity index (χ4n) is 12.4. The van der Waals surface area contributed by atoms with Gasteiger partial charge in [0.25, 0.3) is 0 Å². The molecule has 15 rings (SSSR count). The van der Waals surface area contributed by atoms with Gasteiger partial charge in [-0.1, -0.05) is 184 Å². The van der Waals surface area contributed by atoms with Crippen molar-refractivity contribution in [2.45, 2.75) is 19.3 Å². The second-order valence-corrected chi connectivity index (χ2v) is 19.5. The number of hydrogen-bond acceptors (Lipinski definition) is 2. The number of furan rings is 1. The SMILES string of the molecule is CC1(C)c2ccccc2-c2ccc(N(c3ccc4c(c3)oc3c(-c5ccc6c7ccccc7c7ccccc7c6c5)c5ccccc5cc34)c3ccc4c5ccccc5c5ccccc5c4c3)cc21. The first-order valence-corrected chi connectivity index (χ1v) is 24.1. The summed E-state index contributed by atoms with van der Waals surface area (Å²) in [4.78, 5) is 2.44. The highest BCUT2D eigenvalue weighted by atomic mass is 16.3. The fourth-order valence-corrected chi connectivity index (χ4v) is 12.4. The van der Waals surface area contributed by atoms with Crippen LogP contribution in [-0.4, -0.2) is 0 Å². The van der Waals surface area contributed by atoms with Gasteiger partial charge in [0, 0.05) is 44.9 Å². The van der Waals surface area contributed by atoms with Gasteiger partial charge in [-0.3, -0.25) is 0 Å². The molecule has 0 saturated carbocycles. The van der Waals surface area contributed by atoms with Gasteiger partial charge in [0.2, 0.25) is 0 Å². The Labute approximate surface area is 398 Å². The van der Waals surface area contributed by atoms with Crippen molar-refractivity contribution in [2.75, 3.05) is 4.90 Å². The van der Waals surface area contributed by atoms with Crippen molar-refractivity contribution in [3.05, 3.63) is 236 Å². The number of nitrogens with zero attached hydrogens (tertiary/aromatic N) is 1. The summed E-state index contributed by atoms with van der Waals surface area (Å²) < 4.78 is 7.28. The average Bonchev–Trinajstić information content (AvgIpc) is 3.88. The van der Waals surface area contributed by atoms with Crippen molar-refractivity contribution in [1.29, 1.82) is 0 Å². The normalized spacial score (nSPS) is 13.2. The number of anilines is 3. The average molecular weight is 878 g/mol. The molecular formula is C67H43NO. The van der Waals surface area contributed by atoms with Gasteiger partial charge in [-0.15, -0.1) is 0 Å². The molecule has 0 saturated heterocycles. The maximum absolute atomic E-state index is 7.28. The zero-order chi connectivity index (χ0) is 45.5. The van der Waals surface area contributed by atoms with Crippen molar-refractivity contribution in [3.63, 3.8) is 0 Å². The minimum absolute atomic E-state index is 0.157. The standard InChI is InChI=1S/C67H43NO/c1-67(2)62-26-14-13-25-56(62)57-33-29-43(38-63(57)67)68(42-28-32-55-51-22-8-6-18-47(51)49-20-10-12-24-53(49)60(55)37-42)44-30-34-58-61-35-40-15-3-4-16-45(40)65(66(61)69-64(58)39-44)41-27-31-54-50-21-7-5-17-46(50)48-19-9-11-23-52(48)59(54)36-41/h3-39H,1-2H3. The van der Waals surface area contributed by atoms with Gasteiger partial charge in [0.1, 0.15) is 11.2 Å². The van der Waals surface area contributed by atoms with E-state index in [9.17, 15) is 0 Å². The van der Waals surface area contributed by atoms with Gasteiger partial charge >= 0.3 is 0 Å². The lowest BCUT2D eigenvalue weighted by atomic mass is 9.82. The minimum Gasteiger partial charge on any atom is -0.455 e. The quantitative estimate of drug-likeness (QED) is 0.164. The van der Waals surface area contributed by atoms with Crippen LogP contribution < -0.4 is 4.90 Å². The van der Waals surface area contributed by atoms with Gasteiger partial charge in [-0.25, -0.2) is 0 Å². The molecule has 0 bridgehead atoms. The highest BCUT2D eigenvalue weighted by Crippen LogP contribution is 2.52. The van der Waals surface area contributed by atoms with Crippen LogP contribution in [0.2, 0.25) is 0 Å². The highest BCUT2D eigenvalue weighted by molar-refractivity contribution is 6.28. The first kappa shape index (κ1) is 38.4. The lowest BCUT2D eigenvalue weighted by Gasteiger charge is -2.28. The molecule has 69 heavy (non-hydrogen) atoms. The van der Waals surface area contributed by atoms with Crippen LogP contribution in [0.3, 0.4) is 0 Å². The lowest BCUT2D eigenvalue weighted by molar-refractivity contribution is 0.660. The first-order chi connectivity index (χ1) is 34.0. The Morgan fingerprint density at radius 2 is 0.768 bits per heavy atom. The summed E-state index contributed by atoms with van der Waals surface area (Å²) in [6, 6.07) is 83.2. The minimum atomic E-state index is -0.157. The van der Waals surface area contributed by atoms with Crippen molar-refractivity contribution in [1.82, 2.24) is 0 Å². The molecule has 0 spiro atoms. The lowest BCUT2D eigenvalue weighted by Crippen LogP contribution is -2.16. The van der Waals surface area contributed by atoms with E-state index >= 15 is 0 Å². The van der Waals surface area contributed by atoms with Gasteiger partial charge in [-0.05, 0) is 152 Å². The Balaban J connectivity index is 0.972. The number of fused-ring (bicyclic) bond motifs is 19. The molecule has 13 aromatic carbocycles. The van der Waals surface area contributed by atoms with Gasteiger partial charge in [0.15, 0.2) is 0 Å². The Kier molecular flexibility index (Phi) is 7.87. The molecule has 322 valence electrons. The van der Waals surface area contributed by atoms with E-state index in [-0.39, 0.29) is 5.41 Å². The Morgan fingerprint density at radius 3 is 1.41 bits per heavy atom. The van der Waals surface area contributed by atoms with Crippen LogP contribution >= 0.6 is 0 Å². The molecule has 1 aliphatic rings. The smallest absolute Gasteiger partial charge is 0.143 e. The molecule has 1 aromatic heterocycles. The van der Waals surface area contributed by atoms with Gasteiger partial charge in [0.05, 0.1) is 0 Å². The summed E-state index contributed by atoms with van der Waals surface area (Å²) in [6.07, 6.45) is 0. The van der Waals surface area contributed by atoms with E-state index in [0.29, 0.717) is 0 Å². The Hall–Kier alpha value is -8.72. The molecule has 2 heteroatoms. The molecule has 0 unspecified atom stereocenters. The van der Waals surface area contributed by atoms with Crippen molar-refractivity contribution in [3.8, 4) is 22.3 Å². The number of rotatable bonds is 4. The maximum Gasteiger partial charge on any atom is 0.143 e. The summed E-state index contributed by atoms with van der Waals surface area (Å²) in [5, 5.41) is 19.7. The van der Waals surface area contributed by atoms with Crippen LogP contribution in [0.1, 0.15) is 25.0 Å². The molecule has 0 N–H and O–H groups in total. The van der Waals surface area contributed by atoms with Crippen molar-refractivity contribution < 1.29 is 4.42 Å². The molecule has 0 atom stereocenters. The molecule has 0 radical (unpaired) electrons. The van der Waals surface area contributed by atoms with Crippen LogP contribution in [0.25, 0.3) is 120 Å². The first-order valence-electron chi connectivity index (χ1n) is 24.1. The third kappa shape index (κ3) is 5.43. The maximum atomic E-state index is 7.28. The Morgan fingerprint density at radius 1 is 0.319 bits per heavy atom. The van der Waals surface area contributed by atoms with E-state index in [2.05, 4.69) is 243 Å². The zero-order valence-corrected chi connectivity index (χ0v) is 38.2. The van der Waals surface area contributed by atoms with Crippen LogP contribution in [0, 0.1) is 0 Å². The van der Waals surface area contributed by atoms with Crippen molar-refractivity contribution >= 4 is 114 Å². The van der Waals surface area contributed by atoms with Crippen LogP contribution in [0.5, 0.6) is 0 Å². The summed E-state index contributed by atoms with van der Waals surface area (Å²) >= 11 is 0. The van der Waals surface area contributed by atoms with Crippen LogP contribution in [0.4, 0.5) is 17.1 Å². The third-order valence-electron chi connectivity index (χ3n) is 15.6. The number of benzene rings is 13. The van der Waals surface area contributed by atoms with Crippen LogP contribution in [-0.2, 0) is 5.41 Å². The topological polar surface area (TPSA) is 16.4 Å². The fraction of sp³-hybridized carbons (Fsp3) is 0.0448. The third-order valence-corrected chi connectivity index (χ3v) is 15.6. The summed E-state index contributed by atoms with van der Waals surface area (Å²) in [7, 11) is 0. The second-order valence-electron chi connectivity index (χ2n) is 19.5. The molecule has 1 heterocycles. The predicted octanol–water partition coefficient (Wildman–Crippen LogP) is 19.1. The van der Waals surface area contributed by atoms with E-state index in [4.69, 9.17) is 4.42 Å². The predicted molar refractivity (Wildman–Crippen MR) is 294 cm³/mol.